The van der Waals surface area contributed by atoms with Gasteiger partial charge in [0.15, 0.2) is 11.5 Å². The molecule has 0 unspecified atom stereocenters. The van der Waals surface area contributed by atoms with Crippen LogP contribution in [0.2, 0.25) is 0 Å². The first kappa shape index (κ1) is 16.3. The maximum atomic E-state index is 12.2. The predicted molar refractivity (Wildman–Crippen MR) is 75.4 cm³/mol. The normalized spacial score (nSPS) is 12.4. The summed E-state index contributed by atoms with van der Waals surface area (Å²) in [4.78, 5) is 13.7. The molecular weight excluding hydrogens is 260 g/mol. The summed E-state index contributed by atoms with van der Waals surface area (Å²) in [6.07, 6.45) is 0.251. The van der Waals surface area contributed by atoms with Crippen LogP contribution in [-0.4, -0.2) is 51.4 Å². The summed E-state index contributed by atoms with van der Waals surface area (Å²) in [6.45, 7) is 3.83. The van der Waals surface area contributed by atoms with Gasteiger partial charge < -0.3 is 26.0 Å². The number of carbonyl (C=O) groups is 1. The molecule has 0 aliphatic heterocycles. The minimum Gasteiger partial charge on any atom is -0.504 e. The second-order valence-electron chi connectivity index (χ2n) is 4.98. The van der Waals surface area contributed by atoms with Gasteiger partial charge >= 0.3 is 0 Å². The first-order valence-electron chi connectivity index (χ1n) is 6.54. The lowest BCUT2D eigenvalue weighted by Crippen LogP contribution is -2.48. The maximum absolute atomic E-state index is 12.2. The monoisotopic (exact) mass is 282 g/mol. The number of aliphatic hydroxyl groups is 1. The largest absolute Gasteiger partial charge is 0.504 e. The fraction of sp³-hybridized carbons (Fsp3) is 0.500. The van der Waals surface area contributed by atoms with E-state index < -0.39 is 6.04 Å². The van der Waals surface area contributed by atoms with Crippen LogP contribution < -0.4 is 5.73 Å². The average Bonchev–Trinajstić information content (AvgIpc) is 2.39. The molecule has 0 heterocycles. The molecule has 0 saturated heterocycles. The minimum absolute atomic E-state index is 0.0473. The molecule has 112 valence electrons. The number of phenolic OH excluding ortho intramolecular Hbond substituents is 2. The van der Waals surface area contributed by atoms with Crippen molar-refractivity contribution in [1.82, 2.24) is 4.90 Å². The number of amides is 1. The number of phenols is 2. The molecule has 1 aromatic carbocycles. The molecule has 0 radical (unpaired) electrons. The highest BCUT2D eigenvalue weighted by molar-refractivity contribution is 5.82. The smallest absolute Gasteiger partial charge is 0.240 e. The number of hydrogen-bond acceptors (Lipinski definition) is 5. The second-order valence-corrected chi connectivity index (χ2v) is 4.98. The summed E-state index contributed by atoms with van der Waals surface area (Å²) in [5.41, 5.74) is 6.55. The third-order valence-electron chi connectivity index (χ3n) is 3.06. The summed E-state index contributed by atoms with van der Waals surface area (Å²) < 4.78 is 0. The van der Waals surface area contributed by atoms with Crippen LogP contribution in [0.15, 0.2) is 18.2 Å². The van der Waals surface area contributed by atoms with Crippen molar-refractivity contribution < 1.29 is 20.1 Å². The Bertz CT molecular complexity index is 462. The van der Waals surface area contributed by atoms with E-state index in [2.05, 4.69) is 0 Å². The van der Waals surface area contributed by atoms with Gasteiger partial charge in [-0.1, -0.05) is 6.07 Å². The number of nitrogens with zero attached hydrogens (tertiary/aromatic N) is 1. The number of rotatable bonds is 6. The van der Waals surface area contributed by atoms with E-state index in [9.17, 15) is 15.0 Å². The van der Waals surface area contributed by atoms with Gasteiger partial charge in [-0.25, -0.2) is 0 Å². The Balaban J connectivity index is 2.75. The Kier molecular flexibility index (Phi) is 5.79. The number of nitrogens with two attached hydrogens (primary N) is 1. The fourth-order valence-corrected chi connectivity index (χ4v) is 1.98. The van der Waals surface area contributed by atoms with Crippen molar-refractivity contribution in [1.29, 1.82) is 0 Å². The first-order valence-corrected chi connectivity index (χ1v) is 6.54. The van der Waals surface area contributed by atoms with Gasteiger partial charge in [-0.3, -0.25) is 4.79 Å². The van der Waals surface area contributed by atoms with Gasteiger partial charge in [-0.15, -0.1) is 0 Å². The molecule has 6 heteroatoms. The highest BCUT2D eigenvalue weighted by Crippen LogP contribution is 2.25. The minimum atomic E-state index is -0.757. The van der Waals surface area contributed by atoms with Crippen LogP contribution in [0.5, 0.6) is 11.5 Å². The molecule has 1 rings (SSSR count). The summed E-state index contributed by atoms with van der Waals surface area (Å²) in [5, 5.41) is 27.6. The predicted octanol–water partition coefficient (Wildman–Crippen LogP) is 0.197. The third kappa shape index (κ3) is 4.11. The van der Waals surface area contributed by atoms with Crippen molar-refractivity contribution in [3.8, 4) is 11.5 Å². The molecule has 6 nitrogen and oxygen atoms in total. The van der Waals surface area contributed by atoms with E-state index in [-0.39, 0.29) is 43.0 Å². The first-order chi connectivity index (χ1) is 9.36. The van der Waals surface area contributed by atoms with Crippen LogP contribution in [0.25, 0.3) is 0 Å². The molecule has 0 aliphatic rings. The lowest BCUT2D eigenvalue weighted by molar-refractivity contribution is -0.134. The molecule has 5 N–H and O–H groups in total. The summed E-state index contributed by atoms with van der Waals surface area (Å²) in [6, 6.07) is 3.54. The van der Waals surface area contributed by atoms with Gasteiger partial charge in [0, 0.05) is 12.6 Å². The van der Waals surface area contributed by atoms with Gasteiger partial charge in [0.1, 0.15) is 0 Å². The fourth-order valence-electron chi connectivity index (χ4n) is 1.98. The van der Waals surface area contributed by atoms with E-state index in [0.717, 1.165) is 0 Å². The average molecular weight is 282 g/mol. The Morgan fingerprint density at radius 3 is 2.45 bits per heavy atom. The Labute approximate surface area is 118 Å². The molecule has 20 heavy (non-hydrogen) atoms. The Morgan fingerprint density at radius 2 is 1.95 bits per heavy atom. The molecule has 0 spiro atoms. The molecule has 1 atom stereocenters. The van der Waals surface area contributed by atoms with Crippen LogP contribution >= 0.6 is 0 Å². The van der Waals surface area contributed by atoms with Crippen LogP contribution in [0.4, 0.5) is 0 Å². The maximum Gasteiger partial charge on any atom is 0.240 e. The van der Waals surface area contributed by atoms with E-state index in [4.69, 9.17) is 10.8 Å². The molecular formula is C14H22N2O4. The van der Waals surface area contributed by atoms with Crippen molar-refractivity contribution in [3.63, 3.8) is 0 Å². The lowest BCUT2D eigenvalue weighted by atomic mass is 10.0. The van der Waals surface area contributed by atoms with Crippen LogP contribution in [-0.2, 0) is 11.2 Å². The molecule has 1 amide bonds. The Hall–Kier alpha value is -1.79. The standard InChI is InChI=1S/C14H22N2O4/c1-9(2)16(5-6-17)14(20)11(15)7-10-3-4-12(18)13(19)8-10/h3-4,8-9,11,17-19H,5-7,15H2,1-2H3/t11-/m0/s1. The van der Waals surface area contributed by atoms with E-state index in [1.54, 1.807) is 6.07 Å². The van der Waals surface area contributed by atoms with Gasteiger partial charge in [0.25, 0.3) is 0 Å². The number of carbonyl (C=O) groups excluding carboxylic acids is 1. The highest BCUT2D eigenvalue weighted by Gasteiger charge is 2.23. The van der Waals surface area contributed by atoms with E-state index in [1.807, 2.05) is 13.8 Å². The molecule has 0 aliphatic carbocycles. The van der Waals surface area contributed by atoms with Crippen molar-refractivity contribution >= 4 is 5.91 Å². The molecule has 0 bridgehead atoms. The quantitative estimate of drug-likeness (QED) is 0.557. The lowest BCUT2D eigenvalue weighted by Gasteiger charge is -2.28. The van der Waals surface area contributed by atoms with Gasteiger partial charge in [-0.05, 0) is 38.0 Å². The van der Waals surface area contributed by atoms with Crippen molar-refractivity contribution in [3.05, 3.63) is 23.8 Å². The van der Waals surface area contributed by atoms with E-state index in [1.165, 1.54) is 17.0 Å². The number of hydrogen-bond donors (Lipinski definition) is 4. The SMILES string of the molecule is CC(C)N(CCO)C(=O)[C@@H](N)Cc1ccc(O)c(O)c1. The molecule has 0 aromatic heterocycles. The topological polar surface area (TPSA) is 107 Å². The zero-order valence-electron chi connectivity index (χ0n) is 11.8. The zero-order chi connectivity index (χ0) is 15.3. The van der Waals surface area contributed by atoms with Crippen molar-refractivity contribution in [2.24, 2.45) is 5.73 Å². The zero-order valence-corrected chi connectivity index (χ0v) is 11.8. The Morgan fingerprint density at radius 1 is 1.30 bits per heavy atom. The number of aromatic hydroxyl groups is 2. The summed E-state index contributed by atoms with van der Waals surface area (Å²) in [7, 11) is 0. The molecule has 0 saturated carbocycles. The molecule has 1 aromatic rings. The van der Waals surface area contributed by atoms with Gasteiger partial charge in [0.05, 0.1) is 12.6 Å². The van der Waals surface area contributed by atoms with Gasteiger partial charge in [-0.2, -0.15) is 0 Å². The van der Waals surface area contributed by atoms with Crippen LogP contribution in [0, 0.1) is 0 Å². The number of aliphatic hydroxyl groups excluding tert-OH is 1. The van der Waals surface area contributed by atoms with Crippen LogP contribution in [0.3, 0.4) is 0 Å². The van der Waals surface area contributed by atoms with Gasteiger partial charge in [0.2, 0.25) is 5.91 Å². The summed E-state index contributed by atoms with van der Waals surface area (Å²) in [5.74, 6) is -0.697. The number of benzene rings is 1. The van der Waals surface area contributed by atoms with E-state index in [0.29, 0.717) is 5.56 Å². The second kappa shape index (κ2) is 7.12. The van der Waals surface area contributed by atoms with E-state index >= 15 is 0 Å². The highest BCUT2D eigenvalue weighted by atomic mass is 16.3. The van der Waals surface area contributed by atoms with Crippen LogP contribution in [0.1, 0.15) is 19.4 Å². The third-order valence-corrected chi connectivity index (χ3v) is 3.06. The van der Waals surface area contributed by atoms with Crippen molar-refractivity contribution in [2.75, 3.05) is 13.2 Å². The summed E-state index contributed by atoms with van der Waals surface area (Å²) >= 11 is 0. The van der Waals surface area contributed by atoms with Crippen molar-refractivity contribution in [2.45, 2.75) is 32.4 Å². The molecule has 0 fully saturated rings.